The van der Waals surface area contributed by atoms with Gasteiger partial charge in [-0.25, -0.2) is 4.39 Å². The Kier molecular flexibility index (Phi) is 3.61. The molecule has 0 N–H and O–H groups in total. The highest BCUT2D eigenvalue weighted by Gasteiger charge is 2.32. The third-order valence-corrected chi connectivity index (χ3v) is 2.51. The summed E-state index contributed by atoms with van der Waals surface area (Å²) < 4.78 is 53.4. The van der Waals surface area contributed by atoms with Crippen molar-refractivity contribution < 1.29 is 22.3 Å². The van der Waals surface area contributed by atoms with Gasteiger partial charge in [-0.15, -0.1) is 13.2 Å². The second-order valence-electron chi connectivity index (χ2n) is 3.88. The van der Waals surface area contributed by atoms with Crippen molar-refractivity contribution in [1.82, 2.24) is 0 Å². The maximum absolute atomic E-state index is 12.8. The van der Waals surface area contributed by atoms with Gasteiger partial charge in [0.25, 0.3) is 0 Å². The first-order valence-corrected chi connectivity index (χ1v) is 5.45. The minimum Gasteiger partial charge on any atom is -0.404 e. The van der Waals surface area contributed by atoms with E-state index in [9.17, 15) is 17.6 Å². The lowest BCUT2D eigenvalue weighted by molar-refractivity contribution is -0.274. The SMILES string of the molecule is N#Cc1ccc(-c2ccc(F)cc2)cc1OC(F)(F)F. The van der Waals surface area contributed by atoms with Gasteiger partial charge in [-0.2, -0.15) is 5.26 Å². The summed E-state index contributed by atoms with van der Waals surface area (Å²) in [5, 5.41) is 8.77. The molecule has 0 aliphatic heterocycles. The molecule has 0 unspecified atom stereocenters. The number of ether oxygens (including phenoxy) is 1. The third-order valence-electron chi connectivity index (χ3n) is 2.51. The molecule has 0 saturated carbocycles. The van der Waals surface area contributed by atoms with Crippen LogP contribution in [0.2, 0.25) is 0 Å². The molecule has 2 rings (SSSR count). The van der Waals surface area contributed by atoms with Crippen LogP contribution < -0.4 is 4.74 Å². The van der Waals surface area contributed by atoms with Crippen LogP contribution in [0.25, 0.3) is 11.1 Å². The Hall–Kier alpha value is -2.55. The number of hydrogen-bond acceptors (Lipinski definition) is 2. The summed E-state index contributed by atoms with van der Waals surface area (Å²) in [6.07, 6.45) is -4.88. The molecule has 2 aromatic carbocycles. The maximum Gasteiger partial charge on any atom is 0.573 e. The maximum atomic E-state index is 12.8. The molecule has 20 heavy (non-hydrogen) atoms. The molecule has 6 heteroatoms. The Morgan fingerprint density at radius 3 is 2.10 bits per heavy atom. The van der Waals surface area contributed by atoms with E-state index >= 15 is 0 Å². The van der Waals surface area contributed by atoms with E-state index < -0.39 is 17.9 Å². The molecule has 0 aliphatic carbocycles. The van der Waals surface area contributed by atoms with Gasteiger partial charge in [-0.05, 0) is 35.4 Å². The molecule has 102 valence electrons. The van der Waals surface area contributed by atoms with Gasteiger partial charge in [-0.3, -0.25) is 0 Å². The van der Waals surface area contributed by atoms with Crippen LogP contribution in [0.4, 0.5) is 17.6 Å². The molecule has 0 aliphatic rings. The van der Waals surface area contributed by atoms with Gasteiger partial charge < -0.3 is 4.74 Å². The molecule has 0 saturated heterocycles. The van der Waals surface area contributed by atoms with Crippen LogP contribution in [0.15, 0.2) is 42.5 Å². The molecule has 0 amide bonds. The fourth-order valence-corrected chi connectivity index (χ4v) is 1.65. The number of halogens is 4. The van der Waals surface area contributed by atoms with Gasteiger partial charge in [0.15, 0.2) is 0 Å². The highest BCUT2D eigenvalue weighted by Crippen LogP contribution is 2.31. The molecule has 0 heterocycles. The summed E-state index contributed by atoms with van der Waals surface area (Å²) in [6.45, 7) is 0. The van der Waals surface area contributed by atoms with Crippen molar-refractivity contribution in [1.29, 1.82) is 5.26 Å². The smallest absolute Gasteiger partial charge is 0.404 e. The lowest BCUT2D eigenvalue weighted by Crippen LogP contribution is -2.17. The second kappa shape index (κ2) is 5.21. The van der Waals surface area contributed by atoms with Gasteiger partial charge in [0, 0.05) is 0 Å². The number of alkyl halides is 3. The van der Waals surface area contributed by atoms with E-state index in [0.717, 1.165) is 6.07 Å². The zero-order chi connectivity index (χ0) is 14.8. The average molecular weight is 281 g/mol. The first-order chi connectivity index (χ1) is 9.39. The summed E-state index contributed by atoms with van der Waals surface area (Å²) in [5.74, 6) is -1.03. The van der Waals surface area contributed by atoms with Crippen molar-refractivity contribution in [3.8, 4) is 22.9 Å². The van der Waals surface area contributed by atoms with E-state index in [1.807, 2.05) is 0 Å². The molecular weight excluding hydrogens is 274 g/mol. The first-order valence-electron chi connectivity index (χ1n) is 5.45. The van der Waals surface area contributed by atoms with Crippen LogP contribution in [0.5, 0.6) is 5.75 Å². The summed E-state index contributed by atoms with van der Waals surface area (Å²) in [4.78, 5) is 0. The van der Waals surface area contributed by atoms with Crippen LogP contribution in [-0.2, 0) is 0 Å². The third kappa shape index (κ3) is 3.26. The van der Waals surface area contributed by atoms with Gasteiger partial charge in [-0.1, -0.05) is 18.2 Å². The van der Waals surface area contributed by atoms with Gasteiger partial charge in [0.1, 0.15) is 17.6 Å². The summed E-state index contributed by atoms with van der Waals surface area (Å²) in [5.41, 5.74) is 0.680. The zero-order valence-electron chi connectivity index (χ0n) is 9.91. The largest absolute Gasteiger partial charge is 0.573 e. The van der Waals surface area contributed by atoms with Crippen molar-refractivity contribution in [3.63, 3.8) is 0 Å². The van der Waals surface area contributed by atoms with E-state index in [-0.39, 0.29) is 5.56 Å². The normalized spacial score (nSPS) is 10.9. The minimum atomic E-state index is -4.88. The van der Waals surface area contributed by atoms with Crippen molar-refractivity contribution in [2.75, 3.05) is 0 Å². The highest BCUT2D eigenvalue weighted by molar-refractivity contribution is 5.67. The Morgan fingerprint density at radius 1 is 0.950 bits per heavy atom. The molecule has 0 spiro atoms. The van der Waals surface area contributed by atoms with E-state index in [1.54, 1.807) is 6.07 Å². The summed E-state index contributed by atoms with van der Waals surface area (Å²) in [7, 11) is 0. The number of benzene rings is 2. The Labute approximate surface area is 111 Å². The number of nitriles is 1. The van der Waals surface area contributed by atoms with Crippen LogP contribution in [-0.4, -0.2) is 6.36 Å². The standard InChI is InChI=1S/C14H7F4NO/c15-12-5-3-9(4-6-12)10-1-2-11(8-19)13(7-10)20-14(16,17)18/h1-7H. The molecule has 2 aromatic rings. The summed E-state index contributed by atoms with van der Waals surface area (Å²) in [6, 6.07) is 10.6. The van der Waals surface area contributed by atoms with E-state index in [1.165, 1.54) is 36.4 Å². The molecule has 0 bridgehead atoms. The van der Waals surface area contributed by atoms with Crippen LogP contribution in [0, 0.1) is 17.1 Å². The monoisotopic (exact) mass is 281 g/mol. The molecule has 0 aromatic heterocycles. The van der Waals surface area contributed by atoms with Gasteiger partial charge in [0.2, 0.25) is 0 Å². The van der Waals surface area contributed by atoms with Crippen molar-refractivity contribution >= 4 is 0 Å². The average Bonchev–Trinajstić information content (AvgIpc) is 2.37. The molecular formula is C14H7F4NO. The second-order valence-corrected chi connectivity index (χ2v) is 3.88. The minimum absolute atomic E-state index is 0.229. The fraction of sp³-hybridized carbons (Fsp3) is 0.0714. The first kappa shape index (κ1) is 13.9. The Balaban J connectivity index is 2.44. The predicted octanol–water partition coefficient (Wildman–Crippen LogP) is 4.26. The highest BCUT2D eigenvalue weighted by atomic mass is 19.4. The number of hydrogen-bond donors (Lipinski definition) is 0. The van der Waals surface area contributed by atoms with Gasteiger partial charge >= 0.3 is 6.36 Å². The fourth-order valence-electron chi connectivity index (χ4n) is 1.65. The zero-order valence-corrected chi connectivity index (χ0v) is 9.91. The van der Waals surface area contributed by atoms with E-state index in [0.29, 0.717) is 11.1 Å². The molecule has 0 fully saturated rings. The van der Waals surface area contributed by atoms with Crippen molar-refractivity contribution in [2.24, 2.45) is 0 Å². The topological polar surface area (TPSA) is 33.0 Å². The summed E-state index contributed by atoms with van der Waals surface area (Å²) >= 11 is 0. The number of rotatable bonds is 2. The van der Waals surface area contributed by atoms with E-state index in [4.69, 9.17) is 5.26 Å². The van der Waals surface area contributed by atoms with Crippen molar-refractivity contribution in [3.05, 3.63) is 53.8 Å². The van der Waals surface area contributed by atoms with E-state index in [2.05, 4.69) is 4.74 Å². The van der Waals surface area contributed by atoms with Crippen molar-refractivity contribution in [2.45, 2.75) is 6.36 Å². The molecule has 2 nitrogen and oxygen atoms in total. The Morgan fingerprint density at radius 2 is 1.55 bits per heavy atom. The van der Waals surface area contributed by atoms with Crippen LogP contribution in [0.3, 0.4) is 0 Å². The lowest BCUT2D eigenvalue weighted by atomic mass is 10.0. The lowest BCUT2D eigenvalue weighted by Gasteiger charge is -2.11. The Bertz CT molecular complexity index is 656. The quantitative estimate of drug-likeness (QED) is 0.770. The molecule has 0 atom stereocenters. The molecule has 0 radical (unpaired) electrons. The van der Waals surface area contributed by atoms with Gasteiger partial charge in [0.05, 0.1) is 5.56 Å². The number of nitrogens with zero attached hydrogens (tertiary/aromatic N) is 1. The van der Waals surface area contributed by atoms with Crippen LogP contribution >= 0.6 is 0 Å². The van der Waals surface area contributed by atoms with Crippen LogP contribution in [0.1, 0.15) is 5.56 Å². The predicted molar refractivity (Wildman–Crippen MR) is 63.2 cm³/mol.